The summed E-state index contributed by atoms with van der Waals surface area (Å²) < 4.78 is 13.2. The van der Waals surface area contributed by atoms with Crippen LogP contribution in [0.15, 0.2) is 239 Å². The fourth-order valence-corrected chi connectivity index (χ4v) is 11.7. The number of rotatable bonds is 4. The van der Waals surface area contributed by atoms with Crippen LogP contribution in [0.3, 0.4) is 0 Å². The van der Waals surface area contributed by atoms with E-state index in [1.54, 1.807) is 0 Å². The van der Waals surface area contributed by atoms with Gasteiger partial charge in [0.2, 0.25) is 0 Å². The van der Waals surface area contributed by atoms with Crippen LogP contribution in [-0.4, -0.2) is 0 Å². The Kier molecular flexibility index (Phi) is 7.81. The van der Waals surface area contributed by atoms with Gasteiger partial charge in [-0.3, -0.25) is 0 Å². The third-order valence-electron chi connectivity index (χ3n) is 14.6. The third kappa shape index (κ3) is 5.34. The van der Waals surface area contributed by atoms with Crippen molar-refractivity contribution >= 4 is 109 Å². The van der Waals surface area contributed by atoms with Crippen molar-refractivity contribution in [1.82, 2.24) is 0 Å². The third-order valence-corrected chi connectivity index (χ3v) is 14.6. The number of para-hydroxylation sites is 1. The van der Waals surface area contributed by atoms with E-state index >= 15 is 0 Å². The van der Waals surface area contributed by atoms with Crippen LogP contribution in [0.25, 0.3) is 153 Å². The van der Waals surface area contributed by atoms with Gasteiger partial charge in [0.15, 0.2) is 0 Å². The lowest BCUT2D eigenvalue weighted by Gasteiger charge is -2.21. The molecule has 0 amide bonds. The Balaban J connectivity index is 1.03. The second-order valence-corrected chi connectivity index (χ2v) is 18.2. The van der Waals surface area contributed by atoms with Gasteiger partial charge in [0, 0.05) is 16.2 Å². The highest BCUT2D eigenvalue weighted by Crippen LogP contribution is 2.49. The molecule has 0 saturated heterocycles. The molecule has 2 heterocycles. The van der Waals surface area contributed by atoms with Crippen molar-refractivity contribution in [1.29, 1.82) is 0 Å². The van der Waals surface area contributed by atoms with Gasteiger partial charge in [0.1, 0.15) is 22.3 Å². The average Bonchev–Trinajstić information content (AvgIpc) is 3.98. The molecule has 0 aliphatic rings. The van der Waals surface area contributed by atoms with E-state index < -0.39 is 0 Å². The van der Waals surface area contributed by atoms with Crippen LogP contribution in [0.2, 0.25) is 0 Å². The maximum absolute atomic E-state index is 6.63. The van der Waals surface area contributed by atoms with Crippen LogP contribution in [0.5, 0.6) is 0 Å². The van der Waals surface area contributed by atoms with Gasteiger partial charge >= 0.3 is 0 Å². The van der Waals surface area contributed by atoms with E-state index in [2.05, 4.69) is 218 Å². The first-order chi connectivity index (χ1) is 33.7. The number of hydrogen-bond donors (Lipinski definition) is 0. The monoisotopic (exact) mass is 862 g/mol. The highest BCUT2D eigenvalue weighted by Gasteiger charge is 2.23. The normalized spacial score (nSPS) is 12.1. The Bertz CT molecular complexity index is 4580. The predicted octanol–water partition coefficient (Wildman–Crippen LogP) is 19.1. The van der Waals surface area contributed by atoms with E-state index in [9.17, 15) is 0 Å². The van der Waals surface area contributed by atoms with Gasteiger partial charge in [-0.05, 0) is 152 Å². The van der Waals surface area contributed by atoms with Gasteiger partial charge in [-0.2, -0.15) is 0 Å². The fourth-order valence-electron chi connectivity index (χ4n) is 11.7. The molecular weight excluding hydrogens is 825 g/mol. The first-order valence-corrected chi connectivity index (χ1v) is 23.4. The predicted molar refractivity (Wildman–Crippen MR) is 288 cm³/mol. The summed E-state index contributed by atoms with van der Waals surface area (Å²) >= 11 is 0. The van der Waals surface area contributed by atoms with Gasteiger partial charge in [-0.25, -0.2) is 0 Å². The standard InChI is InChI=1S/C66H38O2/c1-2-16-43-39(14-1)15-13-26-44(43)41-29-32-55-58(37-41)63(42-30-34-61-59(38-42)65-62(67-61)35-33-56-51-22-11-12-27-60(51)68-66(56)65)53-24-9-10-25-54(53)64(55)52-23-8-3-17-45(52)40-28-31-50-48-20-5-4-18-46(48)47-19-6-7-21-49(47)57(50)36-40/h1-38H. The highest BCUT2D eigenvalue weighted by molar-refractivity contribution is 6.28. The molecule has 15 aromatic rings. The second kappa shape index (κ2) is 14.3. The molecule has 68 heavy (non-hydrogen) atoms. The number of fused-ring (bicyclic) bond motifs is 16. The van der Waals surface area contributed by atoms with Crippen LogP contribution in [0.1, 0.15) is 0 Å². The van der Waals surface area contributed by atoms with Crippen LogP contribution in [0, 0.1) is 0 Å². The summed E-state index contributed by atoms with van der Waals surface area (Å²) in [6.07, 6.45) is 0. The minimum Gasteiger partial charge on any atom is -0.456 e. The number of hydrogen-bond acceptors (Lipinski definition) is 2. The van der Waals surface area contributed by atoms with E-state index in [0.29, 0.717) is 0 Å². The Morgan fingerprint density at radius 3 is 1.47 bits per heavy atom. The van der Waals surface area contributed by atoms with Crippen LogP contribution in [0.4, 0.5) is 0 Å². The van der Waals surface area contributed by atoms with E-state index in [1.807, 2.05) is 12.1 Å². The summed E-state index contributed by atoms with van der Waals surface area (Å²) in [5, 5.41) is 19.1. The maximum atomic E-state index is 6.63. The van der Waals surface area contributed by atoms with Crippen molar-refractivity contribution in [3.05, 3.63) is 231 Å². The van der Waals surface area contributed by atoms with E-state index in [0.717, 1.165) is 49.4 Å². The molecule has 0 N–H and O–H groups in total. The highest BCUT2D eigenvalue weighted by atomic mass is 16.3. The minimum atomic E-state index is 0.818. The molecule has 0 saturated carbocycles. The molecule has 15 rings (SSSR count). The largest absolute Gasteiger partial charge is 0.456 e. The Morgan fingerprint density at radius 2 is 0.691 bits per heavy atom. The van der Waals surface area contributed by atoms with Crippen LogP contribution in [-0.2, 0) is 0 Å². The van der Waals surface area contributed by atoms with Gasteiger partial charge < -0.3 is 8.83 Å². The summed E-state index contributed by atoms with van der Waals surface area (Å²) in [7, 11) is 0. The quantitative estimate of drug-likeness (QED) is 0.130. The zero-order valence-corrected chi connectivity index (χ0v) is 36.8. The maximum Gasteiger partial charge on any atom is 0.147 e. The lowest BCUT2D eigenvalue weighted by molar-refractivity contribution is 0.663. The molecule has 0 aliphatic heterocycles. The van der Waals surface area contributed by atoms with E-state index in [4.69, 9.17) is 8.83 Å². The smallest absolute Gasteiger partial charge is 0.147 e. The second-order valence-electron chi connectivity index (χ2n) is 18.2. The van der Waals surface area contributed by atoms with Gasteiger partial charge in [-0.15, -0.1) is 0 Å². The molecule has 13 aromatic carbocycles. The van der Waals surface area contributed by atoms with Crippen molar-refractivity contribution in [2.45, 2.75) is 0 Å². The molecule has 314 valence electrons. The molecule has 0 fully saturated rings. The SMILES string of the molecule is c1ccc(-c2c3ccccc3c(-c3ccc4oc5ccc6c7ccccc7oc6c5c4c3)c3cc(-c4cccc5ccccc45)ccc23)c(-c2ccc3c4ccccc4c4ccccc4c3c2)c1. The van der Waals surface area contributed by atoms with Crippen molar-refractivity contribution in [3.8, 4) is 44.5 Å². The molecule has 0 atom stereocenters. The molecular formula is C66H38O2. The summed E-state index contributed by atoms with van der Waals surface area (Å²) in [5.41, 5.74) is 12.9. The first-order valence-electron chi connectivity index (χ1n) is 23.4. The van der Waals surface area contributed by atoms with Crippen LogP contribution < -0.4 is 0 Å². The first kappa shape index (κ1) is 37.3. The molecule has 0 aliphatic carbocycles. The number of furan rings is 2. The molecule has 2 aromatic heterocycles. The van der Waals surface area contributed by atoms with Gasteiger partial charge in [0.25, 0.3) is 0 Å². The fraction of sp³-hybridized carbons (Fsp3) is 0. The molecule has 0 radical (unpaired) electrons. The Labute approximate surface area is 390 Å². The van der Waals surface area contributed by atoms with E-state index in [1.165, 1.54) is 104 Å². The van der Waals surface area contributed by atoms with Gasteiger partial charge in [-0.1, -0.05) is 188 Å². The molecule has 0 unspecified atom stereocenters. The minimum absolute atomic E-state index is 0.818. The van der Waals surface area contributed by atoms with Crippen molar-refractivity contribution in [2.24, 2.45) is 0 Å². The summed E-state index contributed by atoms with van der Waals surface area (Å²) in [4.78, 5) is 0. The van der Waals surface area contributed by atoms with E-state index in [-0.39, 0.29) is 0 Å². The average molecular weight is 863 g/mol. The lowest BCUT2D eigenvalue weighted by atomic mass is 9.82. The van der Waals surface area contributed by atoms with Crippen molar-refractivity contribution in [2.75, 3.05) is 0 Å². The number of benzene rings is 13. The Hall–Kier alpha value is -8.98. The Morgan fingerprint density at radius 1 is 0.221 bits per heavy atom. The zero-order chi connectivity index (χ0) is 44.5. The summed E-state index contributed by atoms with van der Waals surface area (Å²) in [6.45, 7) is 0. The summed E-state index contributed by atoms with van der Waals surface area (Å²) in [6, 6.07) is 84.4. The topological polar surface area (TPSA) is 26.3 Å². The van der Waals surface area contributed by atoms with Crippen molar-refractivity contribution < 1.29 is 8.83 Å². The zero-order valence-electron chi connectivity index (χ0n) is 36.8. The molecule has 2 heteroatoms. The van der Waals surface area contributed by atoms with Gasteiger partial charge in [0.05, 0.1) is 5.39 Å². The molecule has 0 spiro atoms. The lowest BCUT2D eigenvalue weighted by Crippen LogP contribution is -1.94. The van der Waals surface area contributed by atoms with Crippen molar-refractivity contribution in [3.63, 3.8) is 0 Å². The molecule has 2 nitrogen and oxygen atoms in total. The molecule has 0 bridgehead atoms. The van der Waals surface area contributed by atoms with Crippen LogP contribution >= 0.6 is 0 Å². The summed E-state index contributed by atoms with van der Waals surface area (Å²) in [5.74, 6) is 0.